The first-order valence-corrected chi connectivity index (χ1v) is 9.43. The van der Waals surface area contributed by atoms with E-state index in [1.807, 2.05) is 24.3 Å². The number of aromatic nitrogens is 4. The van der Waals surface area contributed by atoms with Crippen LogP contribution in [0.1, 0.15) is 48.7 Å². The second-order valence-corrected chi connectivity index (χ2v) is 6.98. The Balaban J connectivity index is 1.53. The number of para-hydroxylation sites is 1. The Morgan fingerprint density at radius 2 is 1.89 bits per heavy atom. The van der Waals surface area contributed by atoms with Crippen LogP contribution in [0.5, 0.6) is 0 Å². The Kier molecular flexibility index (Phi) is 4.85. The summed E-state index contributed by atoms with van der Waals surface area (Å²) in [4.78, 5) is 21.2. The van der Waals surface area contributed by atoms with Crippen LogP contribution in [0.15, 0.2) is 36.7 Å². The summed E-state index contributed by atoms with van der Waals surface area (Å²) >= 11 is 0. The highest BCUT2D eigenvalue weighted by molar-refractivity contribution is 5.93. The molecule has 1 aliphatic rings. The van der Waals surface area contributed by atoms with Gasteiger partial charge >= 0.3 is 0 Å². The van der Waals surface area contributed by atoms with E-state index in [0.717, 1.165) is 48.7 Å². The van der Waals surface area contributed by atoms with Crippen LogP contribution in [-0.2, 0) is 6.42 Å². The molecule has 0 spiro atoms. The van der Waals surface area contributed by atoms with E-state index in [4.69, 9.17) is 0 Å². The van der Waals surface area contributed by atoms with Gasteiger partial charge in [-0.15, -0.1) is 0 Å². The second kappa shape index (κ2) is 7.44. The summed E-state index contributed by atoms with van der Waals surface area (Å²) in [5.41, 5.74) is 2.37. The molecule has 2 aromatic heterocycles. The molecule has 7 nitrogen and oxygen atoms in total. The van der Waals surface area contributed by atoms with Crippen molar-refractivity contribution in [2.75, 3.05) is 0 Å². The molecule has 0 saturated heterocycles. The molecule has 2 N–H and O–H groups in total. The first kappa shape index (κ1) is 17.6. The van der Waals surface area contributed by atoms with E-state index in [0.29, 0.717) is 11.5 Å². The summed E-state index contributed by atoms with van der Waals surface area (Å²) in [5, 5.41) is 18.3. The van der Waals surface area contributed by atoms with E-state index < -0.39 is 0 Å². The number of fused-ring (bicyclic) bond motifs is 1. The number of nitrogens with zero attached hydrogens (tertiary/aromatic N) is 4. The highest BCUT2D eigenvalue weighted by Crippen LogP contribution is 2.21. The van der Waals surface area contributed by atoms with Crippen LogP contribution in [0.3, 0.4) is 0 Å². The Morgan fingerprint density at radius 1 is 1.19 bits per heavy atom. The Hall–Kier alpha value is -2.80. The first-order valence-electron chi connectivity index (χ1n) is 9.43. The SMILES string of the molecule is CCc1nn(-c2ncc(C(=O)NC3CCC(O)CC3)cn2)c2ccccc12. The van der Waals surface area contributed by atoms with Gasteiger partial charge in [-0.05, 0) is 38.2 Å². The number of aliphatic hydroxyl groups is 1. The van der Waals surface area contributed by atoms with Gasteiger partial charge < -0.3 is 10.4 Å². The van der Waals surface area contributed by atoms with Crippen LogP contribution >= 0.6 is 0 Å². The number of aliphatic hydroxyl groups excluding tert-OH is 1. The van der Waals surface area contributed by atoms with E-state index in [2.05, 4.69) is 27.3 Å². The maximum absolute atomic E-state index is 12.4. The topological polar surface area (TPSA) is 92.9 Å². The number of aryl methyl sites for hydroxylation is 1. The van der Waals surface area contributed by atoms with Crippen molar-refractivity contribution in [2.45, 2.75) is 51.2 Å². The van der Waals surface area contributed by atoms with E-state index >= 15 is 0 Å². The summed E-state index contributed by atoms with van der Waals surface area (Å²) in [7, 11) is 0. The van der Waals surface area contributed by atoms with Gasteiger partial charge in [-0.3, -0.25) is 4.79 Å². The summed E-state index contributed by atoms with van der Waals surface area (Å²) < 4.78 is 1.72. The number of nitrogens with one attached hydrogen (secondary N) is 1. The van der Waals surface area contributed by atoms with Crippen molar-refractivity contribution in [2.24, 2.45) is 0 Å². The van der Waals surface area contributed by atoms with E-state index in [-0.39, 0.29) is 18.1 Å². The molecular weight excluding hydrogens is 342 g/mol. The smallest absolute Gasteiger partial charge is 0.254 e. The molecule has 4 rings (SSSR count). The lowest BCUT2D eigenvalue weighted by Gasteiger charge is -2.26. The minimum absolute atomic E-state index is 0.0998. The molecule has 1 amide bonds. The summed E-state index contributed by atoms with van der Waals surface area (Å²) in [6.45, 7) is 2.07. The molecule has 3 aromatic rings. The standard InChI is InChI=1S/C20H23N5O2/c1-2-17-16-5-3-4-6-18(16)25(24-17)20-21-11-13(12-22-20)19(27)23-14-7-9-15(26)10-8-14/h3-6,11-12,14-15,26H,2,7-10H2,1H3,(H,23,27). The van der Waals surface area contributed by atoms with Crippen LogP contribution in [-0.4, -0.2) is 42.9 Å². The van der Waals surface area contributed by atoms with Crippen LogP contribution in [0.4, 0.5) is 0 Å². The fourth-order valence-electron chi connectivity index (χ4n) is 3.58. The van der Waals surface area contributed by atoms with Gasteiger partial charge in [-0.25, -0.2) is 9.97 Å². The van der Waals surface area contributed by atoms with Gasteiger partial charge in [0.1, 0.15) is 0 Å². The molecule has 0 unspecified atom stereocenters. The van der Waals surface area contributed by atoms with Gasteiger partial charge in [0.05, 0.1) is 22.9 Å². The maximum Gasteiger partial charge on any atom is 0.254 e. The number of hydrogen-bond donors (Lipinski definition) is 2. The molecule has 1 fully saturated rings. The first-order chi connectivity index (χ1) is 13.2. The van der Waals surface area contributed by atoms with Crippen LogP contribution in [0.2, 0.25) is 0 Å². The number of amides is 1. The highest BCUT2D eigenvalue weighted by atomic mass is 16.3. The van der Waals surface area contributed by atoms with E-state index in [9.17, 15) is 9.90 Å². The summed E-state index contributed by atoms with van der Waals surface area (Å²) in [6.07, 6.45) is 6.71. The zero-order chi connectivity index (χ0) is 18.8. The van der Waals surface area contributed by atoms with Crippen LogP contribution < -0.4 is 5.32 Å². The molecule has 1 aliphatic carbocycles. The fourth-order valence-corrected chi connectivity index (χ4v) is 3.58. The number of rotatable bonds is 4. The molecule has 27 heavy (non-hydrogen) atoms. The van der Waals surface area contributed by atoms with Gasteiger partial charge in [-0.1, -0.05) is 25.1 Å². The van der Waals surface area contributed by atoms with Gasteiger partial charge in [0.2, 0.25) is 0 Å². The molecule has 0 bridgehead atoms. The lowest BCUT2D eigenvalue weighted by atomic mass is 9.93. The normalized spacial score (nSPS) is 19.9. The highest BCUT2D eigenvalue weighted by Gasteiger charge is 2.21. The molecule has 1 saturated carbocycles. The molecular formula is C20H23N5O2. The predicted octanol–water partition coefficient (Wildman–Crippen LogP) is 2.41. The second-order valence-electron chi connectivity index (χ2n) is 6.98. The molecule has 2 heterocycles. The minimum Gasteiger partial charge on any atom is -0.393 e. The van der Waals surface area contributed by atoms with Crippen LogP contribution in [0, 0.1) is 0 Å². The van der Waals surface area contributed by atoms with Crippen molar-refractivity contribution in [1.29, 1.82) is 0 Å². The van der Waals surface area contributed by atoms with Crippen molar-refractivity contribution in [3.05, 3.63) is 47.9 Å². The van der Waals surface area contributed by atoms with Gasteiger partial charge in [0.15, 0.2) is 0 Å². The molecule has 0 atom stereocenters. The van der Waals surface area contributed by atoms with Gasteiger partial charge in [0, 0.05) is 23.8 Å². The van der Waals surface area contributed by atoms with Gasteiger partial charge in [-0.2, -0.15) is 9.78 Å². The third-order valence-electron chi connectivity index (χ3n) is 5.12. The Morgan fingerprint density at radius 3 is 2.59 bits per heavy atom. The number of carbonyl (C=O) groups is 1. The zero-order valence-corrected chi connectivity index (χ0v) is 15.3. The van der Waals surface area contributed by atoms with Gasteiger partial charge in [0.25, 0.3) is 11.9 Å². The van der Waals surface area contributed by atoms with E-state index in [1.54, 1.807) is 4.68 Å². The number of benzene rings is 1. The molecule has 1 aromatic carbocycles. The third kappa shape index (κ3) is 3.55. The maximum atomic E-state index is 12.4. The molecule has 0 aliphatic heterocycles. The third-order valence-corrected chi connectivity index (χ3v) is 5.12. The lowest BCUT2D eigenvalue weighted by molar-refractivity contribution is 0.0867. The Bertz CT molecular complexity index is 943. The largest absolute Gasteiger partial charge is 0.393 e. The molecule has 140 valence electrons. The average molecular weight is 365 g/mol. The Labute approximate surface area is 157 Å². The lowest BCUT2D eigenvalue weighted by Crippen LogP contribution is -2.38. The van der Waals surface area contributed by atoms with Crippen molar-refractivity contribution in [3.63, 3.8) is 0 Å². The van der Waals surface area contributed by atoms with Crippen molar-refractivity contribution in [1.82, 2.24) is 25.1 Å². The van der Waals surface area contributed by atoms with Crippen molar-refractivity contribution >= 4 is 16.8 Å². The number of carbonyl (C=O) groups excluding carboxylic acids is 1. The predicted molar refractivity (Wildman–Crippen MR) is 102 cm³/mol. The van der Waals surface area contributed by atoms with Crippen LogP contribution in [0.25, 0.3) is 16.9 Å². The minimum atomic E-state index is -0.238. The summed E-state index contributed by atoms with van der Waals surface area (Å²) in [5.74, 6) is 0.269. The zero-order valence-electron chi connectivity index (χ0n) is 15.3. The van der Waals surface area contributed by atoms with E-state index in [1.165, 1.54) is 12.4 Å². The summed E-state index contributed by atoms with van der Waals surface area (Å²) in [6, 6.07) is 8.08. The van der Waals surface area contributed by atoms with Crippen molar-refractivity contribution in [3.8, 4) is 5.95 Å². The quantitative estimate of drug-likeness (QED) is 0.741. The number of hydrogen-bond acceptors (Lipinski definition) is 5. The molecule has 7 heteroatoms. The van der Waals surface area contributed by atoms with Crippen molar-refractivity contribution < 1.29 is 9.90 Å². The molecule has 0 radical (unpaired) electrons. The monoisotopic (exact) mass is 365 g/mol. The average Bonchev–Trinajstić information content (AvgIpc) is 3.09. The fraction of sp³-hybridized carbons (Fsp3) is 0.400.